The van der Waals surface area contributed by atoms with E-state index < -0.39 is 23.9 Å². The second kappa shape index (κ2) is 5.83. The van der Waals surface area contributed by atoms with Crippen molar-refractivity contribution >= 4 is 11.9 Å². The smallest absolute Gasteiger partial charge is 0.359 e. The van der Waals surface area contributed by atoms with Crippen molar-refractivity contribution in [2.75, 3.05) is 14.2 Å². The van der Waals surface area contributed by atoms with Gasteiger partial charge in [-0.05, 0) is 12.1 Å². The van der Waals surface area contributed by atoms with Crippen LogP contribution in [0.25, 0.3) is 0 Å². The van der Waals surface area contributed by atoms with Crippen LogP contribution in [0.15, 0.2) is 24.3 Å². The first-order chi connectivity index (χ1) is 8.10. The second-order valence-electron chi connectivity index (χ2n) is 2.97. The predicted octanol–water partition coefficient (Wildman–Crippen LogP) is 0.919. The van der Waals surface area contributed by atoms with Gasteiger partial charge in [-0.1, -0.05) is 12.1 Å². The Hall–Kier alpha value is -2.11. The third-order valence-corrected chi connectivity index (χ3v) is 1.91. The van der Waals surface area contributed by atoms with Crippen LogP contribution < -0.4 is 4.74 Å². The molecule has 6 heteroatoms. The lowest BCUT2D eigenvalue weighted by molar-refractivity contribution is -0.163. The summed E-state index contributed by atoms with van der Waals surface area (Å²) in [6.07, 6.45) is -1.64. The first-order valence-electron chi connectivity index (χ1n) is 4.67. The summed E-state index contributed by atoms with van der Waals surface area (Å²) in [6.45, 7) is 0. The van der Waals surface area contributed by atoms with E-state index in [-0.39, 0.29) is 5.75 Å². The van der Waals surface area contributed by atoms with Crippen molar-refractivity contribution < 1.29 is 28.2 Å². The minimum Gasteiger partial charge on any atom is -0.466 e. The van der Waals surface area contributed by atoms with Gasteiger partial charge in [0.25, 0.3) is 6.10 Å². The fourth-order valence-electron chi connectivity index (χ4n) is 1.07. The highest BCUT2D eigenvalue weighted by Gasteiger charge is 2.31. The van der Waals surface area contributed by atoms with Gasteiger partial charge in [0.1, 0.15) is 0 Å². The lowest BCUT2D eigenvalue weighted by atomic mass is 10.3. The highest BCUT2D eigenvalue weighted by atomic mass is 19.1. The average molecular weight is 242 g/mol. The van der Waals surface area contributed by atoms with Crippen molar-refractivity contribution in [3.63, 3.8) is 0 Å². The van der Waals surface area contributed by atoms with E-state index in [0.717, 1.165) is 20.3 Å². The normalized spacial score (nSPS) is 9.88. The monoisotopic (exact) mass is 242 g/mol. The standard InChI is InChI=1S/C11H11FO5/c1-15-10(13)9(11(14)16-2)17-8-6-4-3-5-7(8)12/h3-6,9H,1-2H3. The predicted molar refractivity (Wildman–Crippen MR) is 54.8 cm³/mol. The molecule has 0 radical (unpaired) electrons. The quantitative estimate of drug-likeness (QED) is 0.580. The van der Waals surface area contributed by atoms with Crippen LogP contribution in [0.5, 0.6) is 5.75 Å². The fourth-order valence-corrected chi connectivity index (χ4v) is 1.07. The Morgan fingerprint density at radius 2 is 1.65 bits per heavy atom. The van der Waals surface area contributed by atoms with E-state index in [1.54, 1.807) is 0 Å². The summed E-state index contributed by atoms with van der Waals surface area (Å²) in [4.78, 5) is 22.5. The zero-order valence-electron chi connectivity index (χ0n) is 9.31. The Balaban J connectivity index is 2.91. The van der Waals surface area contributed by atoms with Gasteiger partial charge in [-0.3, -0.25) is 0 Å². The lowest BCUT2D eigenvalue weighted by Gasteiger charge is -2.14. The zero-order chi connectivity index (χ0) is 12.8. The maximum atomic E-state index is 13.3. The molecule has 1 rings (SSSR count). The number of hydrogen-bond acceptors (Lipinski definition) is 5. The molecule has 0 bridgehead atoms. The first kappa shape index (κ1) is 13.0. The van der Waals surface area contributed by atoms with Crippen LogP contribution in [-0.2, 0) is 19.1 Å². The molecule has 0 saturated heterocycles. The van der Waals surface area contributed by atoms with Gasteiger partial charge in [-0.2, -0.15) is 0 Å². The molecule has 92 valence electrons. The number of rotatable bonds is 4. The Kier molecular flexibility index (Phi) is 4.45. The number of methoxy groups -OCH3 is 2. The van der Waals surface area contributed by atoms with Gasteiger partial charge in [-0.25, -0.2) is 14.0 Å². The maximum Gasteiger partial charge on any atom is 0.359 e. The molecule has 1 aromatic carbocycles. The highest BCUT2D eigenvalue weighted by molar-refractivity contribution is 5.98. The number of benzene rings is 1. The Morgan fingerprint density at radius 3 is 2.12 bits per heavy atom. The third kappa shape index (κ3) is 3.17. The van der Waals surface area contributed by atoms with Crippen LogP contribution >= 0.6 is 0 Å². The molecule has 0 heterocycles. The number of carbonyl (C=O) groups is 2. The largest absolute Gasteiger partial charge is 0.466 e. The van der Waals surface area contributed by atoms with Crippen LogP contribution in [0, 0.1) is 5.82 Å². The molecule has 1 aromatic rings. The molecule has 17 heavy (non-hydrogen) atoms. The SMILES string of the molecule is COC(=O)C(Oc1ccccc1F)C(=O)OC. The molecule has 0 fully saturated rings. The van der Waals surface area contributed by atoms with Crippen molar-refractivity contribution in [1.82, 2.24) is 0 Å². The van der Waals surface area contributed by atoms with Gasteiger partial charge in [-0.15, -0.1) is 0 Å². The van der Waals surface area contributed by atoms with E-state index >= 15 is 0 Å². The molecule has 0 aliphatic heterocycles. The average Bonchev–Trinajstić information content (AvgIpc) is 2.36. The van der Waals surface area contributed by atoms with Crippen molar-refractivity contribution in [2.45, 2.75) is 6.10 Å². The van der Waals surface area contributed by atoms with Crippen LogP contribution in [0.3, 0.4) is 0 Å². The molecule has 0 aliphatic rings. The molecule has 5 nitrogen and oxygen atoms in total. The molecule has 0 amide bonds. The van der Waals surface area contributed by atoms with Crippen molar-refractivity contribution in [3.8, 4) is 5.75 Å². The minimum absolute atomic E-state index is 0.228. The van der Waals surface area contributed by atoms with Crippen LogP contribution in [-0.4, -0.2) is 32.3 Å². The molecule has 0 saturated carbocycles. The van der Waals surface area contributed by atoms with Crippen LogP contribution in [0.2, 0.25) is 0 Å². The topological polar surface area (TPSA) is 61.8 Å². The summed E-state index contributed by atoms with van der Waals surface area (Å²) in [6, 6.07) is 5.38. The molecular weight excluding hydrogens is 231 g/mol. The second-order valence-corrected chi connectivity index (χ2v) is 2.97. The summed E-state index contributed by atoms with van der Waals surface area (Å²) in [5.41, 5.74) is 0. The number of esters is 2. The Bertz CT molecular complexity index is 402. The summed E-state index contributed by atoms with van der Waals surface area (Å²) >= 11 is 0. The first-order valence-corrected chi connectivity index (χ1v) is 4.67. The molecule has 0 N–H and O–H groups in total. The number of carbonyl (C=O) groups excluding carboxylic acids is 2. The van der Waals surface area contributed by atoms with E-state index in [1.165, 1.54) is 18.2 Å². The van der Waals surface area contributed by atoms with E-state index in [2.05, 4.69) is 9.47 Å². The minimum atomic E-state index is -1.64. The van der Waals surface area contributed by atoms with Gasteiger partial charge in [0.15, 0.2) is 11.6 Å². The maximum absolute atomic E-state index is 13.3. The van der Waals surface area contributed by atoms with Gasteiger partial charge in [0.05, 0.1) is 14.2 Å². The van der Waals surface area contributed by atoms with Crippen LogP contribution in [0.4, 0.5) is 4.39 Å². The van der Waals surface area contributed by atoms with Crippen LogP contribution in [0.1, 0.15) is 0 Å². The van der Waals surface area contributed by atoms with Gasteiger partial charge < -0.3 is 14.2 Å². The lowest BCUT2D eigenvalue weighted by Crippen LogP contribution is -2.37. The van der Waals surface area contributed by atoms with Gasteiger partial charge >= 0.3 is 11.9 Å². The summed E-state index contributed by atoms with van der Waals surface area (Å²) in [5, 5.41) is 0. The summed E-state index contributed by atoms with van der Waals surface area (Å²) < 4.78 is 26.9. The highest BCUT2D eigenvalue weighted by Crippen LogP contribution is 2.17. The molecule has 0 unspecified atom stereocenters. The number of hydrogen-bond donors (Lipinski definition) is 0. The van der Waals surface area contributed by atoms with E-state index in [0.29, 0.717) is 0 Å². The molecule has 0 aliphatic carbocycles. The Morgan fingerprint density at radius 1 is 1.12 bits per heavy atom. The van der Waals surface area contributed by atoms with E-state index in [4.69, 9.17) is 4.74 Å². The fraction of sp³-hybridized carbons (Fsp3) is 0.273. The van der Waals surface area contributed by atoms with Gasteiger partial charge in [0.2, 0.25) is 0 Å². The molecule has 0 atom stereocenters. The summed E-state index contributed by atoms with van der Waals surface area (Å²) in [7, 11) is 2.17. The zero-order valence-corrected chi connectivity index (χ0v) is 9.31. The molecule has 0 spiro atoms. The van der Waals surface area contributed by atoms with Crippen molar-refractivity contribution in [2.24, 2.45) is 0 Å². The van der Waals surface area contributed by atoms with E-state index in [9.17, 15) is 14.0 Å². The number of halogens is 1. The van der Waals surface area contributed by atoms with Crippen molar-refractivity contribution in [3.05, 3.63) is 30.1 Å². The number of para-hydroxylation sites is 1. The summed E-state index contributed by atoms with van der Waals surface area (Å²) in [5.74, 6) is -2.83. The number of ether oxygens (including phenoxy) is 3. The van der Waals surface area contributed by atoms with Crippen molar-refractivity contribution in [1.29, 1.82) is 0 Å². The third-order valence-electron chi connectivity index (χ3n) is 1.91. The molecule has 0 aromatic heterocycles. The van der Waals surface area contributed by atoms with Gasteiger partial charge in [0, 0.05) is 0 Å². The van der Waals surface area contributed by atoms with E-state index in [1.807, 2.05) is 0 Å². The molecular formula is C11H11FO5. The Labute approximate surface area is 97.1 Å².